The Hall–Kier alpha value is -1.27. The maximum Gasteiger partial charge on any atom is 0.254 e. The van der Waals surface area contributed by atoms with E-state index in [4.69, 9.17) is 10.8 Å². The maximum absolute atomic E-state index is 8.76. The van der Waals surface area contributed by atoms with Gasteiger partial charge in [-0.2, -0.15) is 0 Å². The second-order valence-corrected chi connectivity index (χ2v) is 1.48. The van der Waals surface area contributed by atoms with Gasteiger partial charge in [-0.25, -0.2) is 0 Å². The van der Waals surface area contributed by atoms with Crippen LogP contribution in [-0.2, 0) is 0 Å². The van der Waals surface area contributed by atoms with E-state index < -0.39 is 0 Å². The molecule has 0 atom stereocenters. The van der Waals surface area contributed by atoms with Crippen LogP contribution in [0.1, 0.15) is 0 Å². The van der Waals surface area contributed by atoms with Crippen LogP contribution in [0.4, 0.5) is 0 Å². The molecule has 0 heterocycles. The first kappa shape index (κ1) is 4.88. The van der Waals surface area contributed by atoms with Gasteiger partial charge in [-0.15, -0.1) is 0 Å². The topological polar surface area (TPSA) is 46.2 Å². The minimum atomic E-state index is 0.0903. The van der Waals surface area contributed by atoms with E-state index in [2.05, 4.69) is 6.08 Å². The molecule has 0 saturated heterocycles. The van der Waals surface area contributed by atoms with E-state index in [-0.39, 0.29) is 5.76 Å². The third kappa shape index (κ3) is 0.695. The minimum Gasteiger partial charge on any atom is -0.446 e. The van der Waals surface area contributed by atoms with Crippen molar-refractivity contribution in [3.8, 4) is 0 Å². The SMILES string of the molecule is NC1=C(O)C=[C+]C=C1. The zero-order chi connectivity index (χ0) is 5.98. The van der Waals surface area contributed by atoms with Crippen LogP contribution in [0, 0.1) is 6.08 Å². The summed E-state index contributed by atoms with van der Waals surface area (Å²) in [6.45, 7) is 0. The summed E-state index contributed by atoms with van der Waals surface area (Å²) >= 11 is 0. The number of aliphatic hydroxyl groups excluding tert-OH is 1. The van der Waals surface area contributed by atoms with Crippen molar-refractivity contribution in [2.75, 3.05) is 0 Å². The number of aliphatic hydroxyl groups is 1. The molecule has 0 spiro atoms. The van der Waals surface area contributed by atoms with Crippen LogP contribution >= 0.6 is 0 Å². The summed E-state index contributed by atoms with van der Waals surface area (Å²) in [5.74, 6) is 0.0903. The summed E-state index contributed by atoms with van der Waals surface area (Å²) in [5.41, 5.74) is 5.64. The zero-order valence-electron chi connectivity index (χ0n) is 4.26. The summed E-state index contributed by atoms with van der Waals surface area (Å²) in [5, 5.41) is 8.76. The molecule has 3 N–H and O–H groups in total. The number of rotatable bonds is 0. The highest BCUT2D eigenvalue weighted by molar-refractivity contribution is 5.31. The molecule has 1 aliphatic carbocycles. The predicted octanol–water partition coefficient (Wildman–Crippen LogP) is 0.644. The molecule has 0 unspecified atom stereocenters. The van der Waals surface area contributed by atoms with Crippen LogP contribution < -0.4 is 5.73 Å². The lowest BCUT2D eigenvalue weighted by Crippen LogP contribution is -1.99. The van der Waals surface area contributed by atoms with Gasteiger partial charge >= 0.3 is 0 Å². The van der Waals surface area contributed by atoms with Crippen molar-refractivity contribution in [3.63, 3.8) is 0 Å². The molecule has 1 rings (SSSR count). The van der Waals surface area contributed by atoms with Crippen molar-refractivity contribution < 1.29 is 5.11 Å². The van der Waals surface area contributed by atoms with Crippen LogP contribution in [0.3, 0.4) is 0 Å². The van der Waals surface area contributed by atoms with Gasteiger partial charge in [0.15, 0.2) is 5.70 Å². The van der Waals surface area contributed by atoms with Gasteiger partial charge in [-0.05, 0) is 0 Å². The Kier molecular flexibility index (Phi) is 1.03. The molecule has 0 fully saturated rings. The van der Waals surface area contributed by atoms with Crippen LogP contribution in [0.15, 0.2) is 29.7 Å². The van der Waals surface area contributed by atoms with Crippen molar-refractivity contribution in [2.24, 2.45) is 5.73 Å². The standard InChI is InChI=1S/C6H5NO/c7-5-3-1-2-4-6(5)8/h1,3-4H,7H2/p+1. The molecule has 0 bridgehead atoms. The van der Waals surface area contributed by atoms with Gasteiger partial charge in [0.1, 0.15) is 12.2 Å². The van der Waals surface area contributed by atoms with Gasteiger partial charge in [0.05, 0.1) is 6.08 Å². The summed E-state index contributed by atoms with van der Waals surface area (Å²) in [6, 6.07) is 0. The molecular weight excluding hydrogens is 102 g/mol. The maximum atomic E-state index is 8.76. The summed E-state index contributed by atoms with van der Waals surface area (Å²) in [7, 11) is 0. The quantitative estimate of drug-likeness (QED) is 0.447. The van der Waals surface area contributed by atoms with Gasteiger partial charge < -0.3 is 10.8 Å². The Bertz CT molecular complexity index is 157. The van der Waals surface area contributed by atoms with Crippen LogP contribution in [0.5, 0.6) is 0 Å². The van der Waals surface area contributed by atoms with Crippen LogP contribution in [-0.4, -0.2) is 5.11 Å². The number of hydrogen-bond donors (Lipinski definition) is 2. The van der Waals surface area contributed by atoms with Crippen molar-refractivity contribution in [3.05, 3.63) is 35.8 Å². The second kappa shape index (κ2) is 1.68. The average Bonchev–Trinajstić information content (AvgIpc) is 1.77. The van der Waals surface area contributed by atoms with E-state index in [1.54, 1.807) is 12.2 Å². The fraction of sp³-hybridized carbons (Fsp3) is 0. The van der Waals surface area contributed by atoms with E-state index in [0.29, 0.717) is 5.70 Å². The predicted molar refractivity (Wildman–Crippen MR) is 30.8 cm³/mol. The molecule has 0 aliphatic heterocycles. The van der Waals surface area contributed by atoms with Crippen molar-refractivity contribution in [1.82, 2.24) is 0 Å². The molecular formula is C6H6NO+. The number of hydrogen-bond acceptors (Lipinski definition) is 2. The monoisotopic (exact) mass is 108 g/mol. The van der Waals surface area contributed by atoms with Gasteiger partial charge in [0.25, 0.3) is 5.76 Å². The number of allylic oxidation sites excluding steroid dienone is 4. The Balaban J connectivity index is 2.97. The smallest absolute Gasteiger partial charge is 0.254 e. The van der Waals surface area contributed by atoms with E-state index in [1.807, 2.05) is 0 Å². The second-order valence-electron chi connectivity index (χ2n) is 1.48. The van der Waals surface area contributed by atoms with Gasteiger partial charge in [-0.3, -0.25) is 0 Å². The van der Waals surface area contributed by atoms with Crippen molar-refractivity contribution >= 4 is 0 Å². The summed E-state index contributed by atoms with van der Waals surface area (Å²) in [4.78, 5) is 0. The van der Waals surface area contributed by atoms with E-state index in [0.717, 1.165) is 0 Å². The molecule has 2 heteroatoms. The van der Waals surface area contributed by atoms with Crippen molar-refractivity contribution in [2.45, 2.75) is 0 Å². The zero-order valence-corrected chi connectivity index (χ0v) is 4.26. The molecule has 8 heavy (non-hydrogen) atoms. The van der Waals surface area contributed by atoms with E-state index >= 15 is 0 Å². The first-order chi connectivity index (χ1) is 3.80. The fourth-order valence-corrected chi connectivity index (χ4v) is 0.434. The summed E-state index contributed by atoms with van der Waals surface area (Å²) < 4.78 is 0. The molecule has 0 aromatic carbocycles. The van der Waals surface area contributed by atoms with Crippen LogP contribution in [0.2, 0.25) is 0 Å². The molecule has 0 radical (unpaired) electrons. The lowest BCUT2D eigenvalue weighted by atomic mass is 10.2. The Morgan fingerprint density at radius 2 is 2.38 bits per heavy atom. The third-order valence-electron chi connectivity index (χ3n) is 0.875. The Morgan fingerprint density at radius 1 is 1.62 bits per heavy atom. The highest BCUT2D eigenvalue weighted by atomic mass is 16.3. The average molecular weight is 108 g/mol. The highest BCUT2D eigenvalue weighted by Crippen LogP contribution is 2.02. The van der Waals surface area contributed by atoms with Gasteiger partial charge in [0, 0.05) is 6.08 Å². The molecule has 0 aromatic rings. The fourth-order valence-electron chi connectivity index (χ4n) is 0.434. The first-order valence-corrected chi connectivity index (χ1v) is 2.25. The Labute approximate surface area is 47.6 Å². The molecule has 0 aromatic heterocycles. The van der Waals surface area contributed by atoms with Crippen molar-refractivity contribution in [1.29, 1.82) is 0 Å². The molecule has 40 valence electrons. The molecule has 2 nitrogen and oxygen atoms in total. The lowest BCUT2D eigenvalue weighted by Gasteiger charge is -1.86. The molecule has 1 aliphatic rings. The molecule has 0 amide bonds. The van der Waals surface area contributed by atoms with E-state index in [1.165, 1.54) is 6.08 Å². The highest BCUT2D eigenvalue weighted by Gasteiger charge is 2.05. The van der Waals surface area contributed by atoms with E-state index in [9.17, 15) is 0 Å². The lowest BCUT2D eigenvalue weighted by molar-refractivity contribution is 0.426. The van der Waals surface area contributed by atoms with Gasteiger partial charge in [0.2, 0.25) is 0 Å². The number of nitrogens with two attached hydrogens (primary N) is 1. The first-order valence-electron chi connectivity index (χ1n) is 2.25. The molecule has 0 saturated carbocycles. The third-order valence-corrected chi connectivity index (χ3v) is 0.875. The summed E-state index contributed by atoms with van der Waals surface area (Å²) in [6.07, 6.45) is 7.34. The normalized spacial score (nSPS) is 16.5. The Morgan fingerprint density at radius 3 is 2.75 bits per heavy atom. The largest absolute Gasteiger partial charge is 0.446 e. The van der Waals surface area contributed by atoms with Gasteiger partial charge in [-0.1, -0.05) is 0 Å². The minimum absolute atomic E-state index is 0.0903. The van der Waals surface area contributed by atoms with Crippen LogP contribution in [0.25, 0.3) is 0 Å².